The summed E-state index contributed by atoms with van der Waals surface area (Å²) in [5.74, 6) is -0.245. The molecule has 9 nitrogen and oxygen atoms in total. The van der Waals surface area contributed by atoms with Crippen LogP contribution < -0.4 is 5.32 Å². The summed E-state index contributed by atoms with van der Waals surface area (Å²) in [6, 6.07) is -0.821. The topological polar surface area (TPSA) is 149 Å². The van der Waals surface area contributed by atoms with Crippen LogP contribution in [0, 0.1) is 0 Å². The highest BCUT2D eigenvalue weighted by Crippen LogP contribution is 2.22. The lowest BCUT2D eigenvalue weighted by atomic mass is 9.99. The molecule has 310 valence electrons. The van der Waals surface area contributed by atoms with Crippen LogP contribution in [0.2, 0.25) is 0 Å². The van der Waals surface area contributed by atoms with Crippen molar-refractivity contribution in [2.24, 2.45) is 0 Å². The van der Waals surface area contributed by atoms with Crippen molar-refractivity contribution in [3.05, 3.63) is 36.5 Å². The third-order valence-corrected chi connectivity index (χ3v) is 10.2. The van der Waals surface area contributed by atoms with E-state index < -0.39 is 49.5 Å². The van der Waals surface area contributed by atoms with Crippen LogP contribution >= 0.6 is 0 Å². The van der Waals surface area contributed by atoms with Gasteiger partial charge >= 0.3 is 0 Å². The summed E-state index contributed by atoms with van der Waals surface area (Å²) in [6.07, 6.45) is 36.8. The summed E-state index contributed by atoms with van der Waals surface area (Å²) in [6.45, 7) is 3.38. The quantitative estimate of drug-likeness (QED) is 0.0279. The zero-order chi connectivity index (χ0) is 38.8. The van der Waals surface area contributed by atoms with Crippen LogP contribution in [0.15, 0.2) is 36.5 Å². The number of nitrogens with one attached hydrogen (secondary N) is 1. The molecule has 0 aromatic heterocycles. The van der Waals surface area contributed by atoms with E-state index in [-0.39, 0.29) is 18.9 Å². The molecule has 7 unspecified atom stereocenters. The van der Waals surface area contributed by atoms with E-state index in [1.807, 2.05) is 13.0 Å². The molecule has 6 N–H and O–H groups in total. The maximum atomic E-state index is 12.3. The van der Waals surface area contributed by atoms with Crippen molar-refractivity contribution in [2.75, 3.05) is 13.2 Å². The van der Waals surface area contributed by atoms with Gasteiger partial charge in [-0.1, -0.05) is 166 Å². The van der Waals surface area contributed by atoms with Crippen LogP contribution in [0.4, 0.5) is 0 Å². The number of hydrogen-bond donors (Lipinski definition) is 6. The summed E-state index contributed by atoms with van der Waals surface area (Å²) < 4.78 is 11.0. The van der Waals surface area contributed by atoms with Gasteiger partial charge in [0, 0.05) is 6.42 Å². The molecule has 53 heavy (non-hydrogen) atoms. The van der Waals surface area contributed by atoms with Gasteiger partial charge in [-0.2, -0.15) is 0 Å². The summed E-state index contributed by atoms with van der Waals surface area (Å²) in [4.78, 5) is 12.3. The normalized spacial score (nSPS) is 22.0. The number of aliphatic hydroxyl groups excluding tert-OH is 5. The SMILES string of the molecule is CCCCCCCCCCCCCCCCCCCCC/C=C/CC/C=C/CC/C=C/C(O)C(COC1OC(CO)C(O)C(O)C1O)NC(=O)CCC. The largest absolute Gasteiger partial charge is 0.394 e. The highest BCUT2D eigenvalue weighted by molar-refractivity contribution is 5.76. The predicted octanol–water partition coefficient (Wildman–Crippen LogP) is 8.50. The van der Waals surface area contributed by atoms with Gasteiger partial charge in [0.1, 0.15) is 24.4 Å². The Morgan fingerprint density at radius 1 is 0.623 bits per heavy atom. The van der Waals surface area contributed by atoms with Gasteiger partial charge in [-0.25, -0.2) is 0 Å². The van der Waals surface area contributed by atoms with Crippen LogP contribution in [-0.2, 0) is 14.3 Å². The monoisotopic (exact) mass is 752 g/mol. The van der Waals surface area contributed by atoms with Crippen molar-refractivity contribution in [2.45, 2.75) is 224 Å². The maximum Gasteiger partial charge on any atom is 0.220 e. The summed E-state index contributed by atoms with van der Waals surface area (Å²) in [5.41, 5.74) is 0. The number of carbonyl (C=O) groups is 1. The molecule has 1 saturated heterocycles. The zero-order valence-electron chi connectivity index (χ0n) is 33.8. The first-order chi connectivity index (χ1) is 25.8. The first-order valence-electron chi connectivity index (χ1n) is 21.7. The molecule has 0 saturated carbocycles. The molecule has 0 aromatic carbocycles. The number of amides is 1. The van der Waals surface area contributed by atoms with Crippen molar-refractivity contribution < 1.29 is 39.8 Å². The molecule has 0 aliphatic carbocycles. The number of hydrogen-bond acceptors (Lipinski definition) is 8. The lowest BCUT2D eigenvalue weighted by Gasteiger charge is -2.40. The Morgan fingerprint density at radius 2 is 1.08 bits per heavy atom. The molecule has 0 spiro atoms. The Labute approximate surface area is 323 Å². The fraction of sp³-hybridized carbons (Fsp3) is 0.841. The van der Waals surface area contributed by atoms with E-state index in [0.29, 0.717) is 6.42 Å². The molecule has 1 amide bonds. The summed E-state index contributed by atoms with van der Waals surface area (Å²) >= 11 is 0. The Balaban J connectivity index is 2.07. The number of unbranched alkanes of at least 4 members (excludes halogenated alkanes) is 21. The fourth-order valence-corrected chi connectivity index (χ4v) is 6.70. The summed E-state index contributed by atoms with van der Waals surface area (Å²) in [7, 11) is 0. The Kier molecular flexibility index (Phi) is 32.5. The van der Waals surface area contributed by atoms with Gasteiger partial charge in [0.25, 0.3) is 0 Å². The molecule has 1 aliphatic rings. The third-order valence-electron chi connectivity index (χ3n) is 10.2. The molecular weight excluding hydrogens is 670 g/mol. The molecular formula is C44H81NO8. The number of aliphatic hydroxyl groups is 5. The van der Waals surface area contributed by atoms with E-state index in [9.17, 15) is 30.3 Å². The van der Waals surface area contributed by atoms with Crippen LogP contribution in [0.1, 0.15) is 181 Å². The molecule has 1 heterocycles. The highest BCUT2D eigenvalue weighted by atomic mass is 16.7. The van der Waals surface area contributed by atoms with E-state index in [1.54, 1.807) is 6.08 Å². The lowest BCUT2D eigenvalue weighted by molar-refractivity contribution is -0.302. The first-order valence-corrected chi connectivity index (χ1v) is 21.7. The van der Waals surface area contributed by atoms with Gasteiger partial charge in [0.15, 0.2) is 6.29 Å². The van der Waals surface area contributed by atoms with Crippen LogP contribution in [0.25, 0.3) is 0 Å². The molecule has 1 fully saturated rings. The lowest BCUT2D eigenvalue weighted by Crippen LogP contribution is -2.60. The zero-order valence-corrected chi connectivity index (χ0v) is 33.8. The van der Waals surface area contributed by atoms with Gasteiger partial charge in [-0.3, -0.25) is 4.79 Å². The van der Waals surface area contributed by atoms with Crippen molar-refractivity contribution in [1.82, 2.24) is 5.32 Å². The minimum Gasteiger partial charge on any atom is -0.394 e. The highest BCUT2D eigenvalue weighted by Gasteiger charge is 2.44. The second kappa shape index (κ2) is 34.9. The second-order valence-corrected chi connectivity index (χ2v) is 15.1. The standard InChI is InChI=1S/C44H81NO8/c1-3-5-6-7-8-9-10-11-12-13-14-15-16-17-18-19-20-21-22-23-24-25-26-27-28-29-30-31-32-34-38(47)37(45-40(48)33-4-2)36-52-44-43(51)42(50)41(49)39(35-46)53-44/h24-25,28-29,32,34,37-39,41-44,46-47,49-51H,3-23,26-27,30-31,33,35-36H2,1-2H3,(H,45,48)/b25-24+,29-28+,34-32+. The van der Waals surface area contributed by atoms with E-state index >= 15 is 0 Å². The molecule has 1 aliphatic heterocycles. The summed E-state index contributed by atoms with van der Waals surface area (Å²) in [5, 5.41) is 53.2. The van der Waals surface area contributed by atoms with Gasteiger partial charge in [-0.15, -0.1) is 0 Å². The molecule has 1 rings (SSSR count). The number of ether oxygens (including phenoxy) is 2. The molecule has 7 atom stereocenters. The molecule has 0 bridgehead atoms. The smallest absolute Gasteiger partial charge is 0.220 e. The van der Waals surface area contributed by atoms with E-state index in [0.717, 1.165) is 25.7 Å². The Morgan fingerprint density at radius 3 is 1.55 bits per heavy atom. The van der Waals surface area contributed by atoms with Crippen molar-refractivity contribution in [1.29, 1.82) is 0 Å². The molecule has 0 radical (unpaired) electrons. The van der Waals surface area contributed by atoms with Crippen molar-refractivity contribution in [3.63, 3.8) is 0 Å². The minimum absolute atomic E-state index is 0.212. The minimum atomic E-state index is -1.57. The van der Waals surface area contributed by atoms with Gasteiger partial charge in [0.2, 0.25) is 5.91 Å². The van der Waals surface area contributed by atoms with Crippen LogP contribution in [0.5, 0.6) is 0 Å². The predicted molar refractivity (Wildman–Crippen MR) is 216 cm³/mol. The Hall–Kier alpha value is -1.59. The average Bonchev–Trinajstić information content (AvgIpc) is 3.15. The number of rotatable bonds is 35. The maximum absolute atomic E-state index is 12.3. The third kappa shape index (κ3) is 26.0. The van der Waals surface area contributed by atoms with E-state index in [1.165, 1.54) is 128 Å². The van der Waals surface area contributed by atoms with Crippen LogP contribution in [-0.4, -0.2) is 87.5 Å². The fourth-order valence-electron chi connectivity index (χ4n) is 6.70. The van der Waals surface area contributed by atoms with Crippen LogP contribution in [0.3, 0.4) is 0 Å². The molecule has 0 aromatic rings. The second-order valence-electron chi connectivity index (χ2n) is 15.1. The van der Waals surface area contributed by atoms with Gasteiger partial charge in [0.05, 0.1) is 25.4 Å². The number of allylic oxidation sites excluding steroid dienone is 5. The van der Waals surface area contributed by atoms with Crippen molar-refractivity contribution >= 4 is 5.91 Å². The molecule has 9 heteroatoms. The van der Waals surface area contributed by atoms with E-state index in [4.69, 9.17) is 9.47 Å². The number of carbonyl (C=O) groups excluding carboxylic acids is 1. The van der Waals surface area contributed by atoms with E-state index in [2.05, 4.69) is 36.5 Å². The average molecular weight is 752 g/mol. The van der Waals surface area contributed by atoms with Gasteiger partial charge < -0.3 is 40.3 Å². The Bertz CT molecular complexity index is 925. The first kappa shape index (κ1) is 49.4. The van der Waals surface area contributed by atoms with Crippen molar-refractivity contribution in [3.8, 4) is 0 Å². The van der Waals surface area contributed by atoms with Gasteiger partial charge in [-0.05, 0) is 44.9 Å².